The Hall–Kier alpha value is -1.59. The summed E-state index contributed by atoms with van der Waals surface area (Å²) >= 11 is 0. The third kappa shape index (κ3) is 5.14. The van der Waals surface area contributed by atoms with E-state index in [0.29, 0.717) is 17.9 Å². The maximum Gasteiger partial charge on any atom is 0.222 e. The van der Waals surface area contributed by atoms with E-state index in [2.05, 4.69) is 45.0 Å². The van der Waals surface area contributed by atoms with E-state index in [1.807, 2.05) is 0 Å². The number of amides is 1. The monoisotopic (exact) mass is 439 g/mol. The highest BCUT2D eigenvalue weighted by molar-refractivity contribution is 5.76. The average molecular weight is 440 g/mol. The summed E-state index contributed by atoms with van der Waals surface area (Å²) in [6.45, 7) is 7.15. The molecular weight excluding hydrogens is 398 g/mol. The summed E-state index contributed by atoms with van der Waals surface area (Å²) in [6, 6.07) is 11.4. The largest absolute Gasteiger partial charge is 0.375 e. The van der Waals surface area contributed by atoms with Crippen molar-refractivity contribution in [2.45, 2.75) is 75.9 Å². The van der Waals surface area contributed by atoms with Gasteiger partial charge in [0.05, 0.1) is 5.60 Å². The van der Waals surface area contributed by atoms with Gasteiger partial charge in [0.2, 0.25) is 5.91 Å². The molecule has 1 aliphatic carbocycles. The van der Waals surface area contributed by atoms with Crippen LogP contribution in [0.25, 0.3) is 0 Å². The van der Waals surface area contributed by atoms with Crippen LogP contribution in [0.5, 0.6) is 0 Å². The zero-order chi connectivity index (χ0) is 21.8. The average Bonchev–Trinajstić information content (AvgIpc) is 2.86. The quantitative estimate of drug-likeness (QED) is 0.700. The van der Waals surface area contributed by atoms with Crippen LogP contribution in [0.2, 0.25) is 0 Å². The number of benzene rings is 1. The number of carbonyl (C=O) groups is 1. The van der Waals surface area contributed by atoms with E-state index < -0.39 is 0 Å². The van der Waals surface area contributed by atoms with Crippen LogP contribution in [0.4, 0.5) is 5.69 Å². The van der Waals surface area contributed by atoms with Crippen LogP contribution in [-0.4, -0.2) is 73.2 Å². The van der Waals surface area contributed by atoms with Crippen LogP contribution in [0.15, 0.2) is 30.3 Å². The van der Waals surface area contributed by atoms with Gasteiger partial charge in [0, 0.05) is 64.0 Å². The van der Waals surface area contributed by atoms with Crippen LogP contribution in [0.1, 0.15) is 64.2 Å². The van der Waals surface area contributed by atoms with Gasteiger partial charge in [0.15, 0.2) is 0 Å². The summed E-state index contributed by atoms with van der Waals surface area (Å²) in [5, 5.41) is 0. The van der Waals surface area contributed by atoms with Gasteiger partial charge < -0.3 is 14.5 Å². The minimum atomic E-state index is 0.00109. The SMILES string of the molecule is O=C(CC1CCCCC1)N1CCC2(CC1)CC(N1CCN(c3ccccc3)CC1)CCO2. The summed E-state index contributed by atoms with van der Waals surface area (Å²) in [4.78, 5) is 20.2. The molecule has 5 heteroatoms. The van der Waals surface area contributed by atoms with Gasteiger partial charge in [-0.3, -0.25) is 9.69 Å². The Labute approximate surface area is 194 Å². The fourth-order valence-corrected chi connectivity index (χ4v) is 6.58. The Morgan fingerprint density at radius 3 is 2.34 bits per heavy atom. The number of anilines is 1. The first-order valence-corrected chi connectivity index (χ1v) is 13.2. The van der Waals surface area contributed by atoms with Gasteiger partial charge in [0.25, 0.3) is 0 Å². The summed E-state index contributed by atoms with van der Waals surface area (Å²) in [6.07, 6.45) is 11.6. The number of nitrogens with zero attached hydrogens (tertiary/aromatic N) is 3. The number of hydrogen-bond acceptors (Lipinski definition) is 4. The minimum absolute atomic E-state index is 0.00109. The molecule has 5 nitrogen and oxygen atoms in total. The number of piperidine rings is 1. The fourth-order valence-electron chi connectivity index (χ4n) is 6.58. The fraction of sp³-hybridized carbons (Fsp3) is 0.741. The molecule has 1 saturated carbocycles. The molecule has 1 atom stereocenters. The lowest BCUT2D eigenvalue weighted by atomic mass is 9.81. The third-order valence-electron chi connectivity index (χ3n) is 8.63. The molecule has 32 heavy (non-hydrogen) atoms. The topological polar surface area (TPSA) is 36.0 Å². The van der Waals surface area contributed by atoms with Gasteiger partial charge in [-0.25, -0.2) is 0 Å². The van der Waals surface area contributed by atoms with Gasteiger partial charge >= 0.3 is 0 Å². The Kier molecular flexibility index (Phi) is 7.03. The van der Waals surface area contributed by atoms with Gasteiger partial charge in [-0.05, 0) is 56.6 Å². The second-order valence-corrected chi connectivity index (χ2v) is 10.6. The molecule has 3 saturated heterocycles. The van der Waals surface area contributed by atoms with Crippen molar-refractivity contribution in [2.24, 2.45) is 5.92 Å². The zero-order valence-electron chi connectivity index (χ0n) is 19.7. The molecule has 3 heterocycles. The molecule has 176 valence electrons. The highest BCUT2D eigenvalue weighted by Crippen LogP contribution is 2.38. The van der Waals surface area contributed by atoms with Crippen molar-refractivity contribution in [3.63, 3.8) is 0 Å². The molecule has 1 aromatic rings. The smallest absolute Gasteiger partial charge is 0.222 e. The molecule has 0 radical (unpaired) electrons. The molecule has 4 aliphatic rings. The van der Waals surface area contributed by atoms with Crippen molar-refractivity contribution >= 4 is 11.6 Å². The van der Waals surface area contributed by atoms with Crippen LogP contribution < -0.4 is 4.90 Å². The number of rotatable bonds is 4. The van der Waals surface area contributed by atoms with Crippen molar-refractivity contribution < 1.29 is 9.53 Å². The Bertz CT molecular complexity index is 733. The molecule has 3 aliphatic heterocycles. The number of carbonyl (C=O) groups excluding carboxylic acids is 1. The van der Waals surface area contributed by atoms with Crippen LogP contribution in [0, 0.1) is 5.92 Å². The second-order valence-electron chi connectivity index (χ2n) is 10.6. The number of ether oxygens (including phenoxy) is 1. The van der Waals surface area contributed by atoms with Crippen molar-refractivity contribution in [1.29, 1.82) is 0 Å². The van der Waals surface area contributed by atoms with Crippen LogP contribution >= 0.6 is 0 Å². The van der Waals surface area contributed by atoms with E-state index in [1.165, 1.54) is 37.8 Å². The highest BCUT2D eigenvalue weighted by atomic mass is 16.5. The van der Waals surface area contributed by atoms with E-state index >= 15 is 0 Å². The lowest BCUT2D eigenvalue weighted by molar-refractivity contribution is -0.150. The number of hydrogen-bond donors (Lipinski definition) is 0. The predicted octanol–water partition coefficient (Wildman–Crippen LogP) is 4.32. The summed E-state index contributed by atoms with van der Waals surface area (Å²) < 4.78 is 6.42. The first kappa shape index (κ1) is 22.2. The lowest BCUT2D eigenvalue weighted by Crippen LogP contribution is -2.57. The van der Waals surface area contributed by atoms with E-state index in [-0.39, 0.29) is 5.60 Å². The molecule has 1 unspecified atom stereocenters. The van der Waals surface area contributed by atoms with Gasteiger partial charge in [0.1, 0.15) is 0 Å². The minimum Gasteiger partial charge on any atom is -0.375 e. The molecular formula is C27H41N3O2. The zero-order valence-corrected chi connectivity index (χ0v) is 19.7. The third-order valence-corrected chi connectivity index (χ3v) is 8.63. The summed E-state index contributed by atoms with van der Waals surface area (Å²) in [5.74, 6) is 1.04. The number of likely N-dealkylation sites (tertiary alicyclic amines) is 1. The van der Waals surface area contributed by atoms with Crippen molar-refractivity contribution in [3.8, 4) is 0 Å². The first-order valence-electron chi connectivity index (χ1n) is 13.2. The summed E-state index contributed by atoms with van der Waals surface area (Å²) in [5.41, 5.74) is 1.35. The Morgan fingerprint density at radius 2 is 1.62 bits per heavy atom. The van der Waals surface area contributed by atoms with Gasteiger partial charge in [-0.1, -0.05) is 37.5 Å². The second kappa shape index (κ2) is 10.1. The normalized spacial score (nSPS) is 27.6. The van der Waals surface area contributed by atoms with E-state index in [9.17, 15) is 4.79 Å². The Morgan fingerprint density at radius 1 is 0.906 bits per heavy atom. The van der Waals surface area contributed by atoms with Gasteiger partial charge in [-0.15, -0.1) is 0 Å². The van der Waals surface area contributed by atoms with Crippen LogP contribution in [0.3, 0.4) is 0 Å². The number of piperazine rings is 1. The molecule has 0 N–H and O–H groups in total. The van der Waals surface area contributed by atoms with E-state index in [4.69, 9.17) is 4.74 Å². The molecule has 4 fully saturated rings. The van der Waals surface area contributed by atoms with Gasteiger partial charge in [-0.2, -0.15) is 0 Å². The molecule has 5 rings (SSSR count). The molecule has 1 spiro atoms. The van der Waals surface area contributed by atoms with Crippen molar-refractivity contribution in [2.75, 3.05) is 50.8 Å². The van der Waals surface area contributed by atoms with Crippen LogP contribution in [-0.2, 0) is 9.53 Å². The van der Waals surface area contributed by atoms with E-state index in [1.54, 1.807) is 0 Å². The summed E-state index contributed by atoms with van der Waals surface area (Å²) in [7, 11) is 0. The standard InChI is InChI=1S/C27H41N3O2/c31-26(21-23-7-3-1-4-8-23)30-14-12-27(13-15-30)22-25(11-20-32-27)29-18-16-28(17-19-29)24-9-5-2-6-10-24/h2,5-6,9-10,23,25H,1,3-4,7-8,11-22H2. The maximum atomic E-state index is 12.9. The van der Waals surface area contributed by atoms with Crippen molar-refractivity contribution in [1.82, 2.24) is 9.80 Å². The maximum absolute atomic E-state index is 12.9. The van der Waals surface area contributed by atoms with E-state index in [0.717, 1.165) is 78.0 Å². The molecule has 0 aromatic heterocycles. The molecule has 0 bridgehead atoms. The highest BCUT2D eigenvalue weighted by Gasteiger charge is 2.43. The predicted molar refractivity (Wildman–Crippen MR) is 129 cm³/mol. The molecule has 1 aromatic carbocycles. The molecule has 1 amide bonds. The Balaban J connectivity index is 1.10. The first-order chi connectivity index (χ1) is 15.7. The van der Waals surface area contributed by atoms with Crippen molar-refractivity contribution in [3.05, 3.63) is 30.3 Å². The number of para-hydroxylation sites is 1. The lowest BCUT2D eigenvalue weighted by Gasteiger charge is -2.50.